The van der Waals surface area contributed by atoms with Crippen LogP contribution in [0.4, 0.5) is 17.1 Å². The summed E-state index contributed by atoms with van der Waals surface area (Å²) in [6.07, 6.45) is 0. The molecule has 0 fully saturated rings. The van der Waals surface area contributed by atoms with Gasteiger partial charge in [0.15, 0.2) is 0 Å². The number of phenolic OH excluding ortho intramolecular Hbond substituents is 1. The number of phenols is 1. The van der Waals surface area contributed by atoms with E-state index in [1.165, 1.54) is 12.1 Å². The third kappa shape index (κ3) is 3.68. The summed E-state index contributed by atoms with van der Waals surface area (Å²) in [6.45, 7) is 1.82. The van der Waals surface area contributed by atoms with E-state index in [0.717, 1.165) is 17.7 Å². The molecule has 0 unspecified atom stereocenters. The predicted molar refractivity (Wildman–Crippen MR) is 87.7 cm³/mol. The lowest BCUT2D eigenvalue weighted by Gasteiger charge is -2.11. The van der Waals surface area contributed by atoms with Crippen LogP contribution in [0.1, 0.15) is 5.56 Å². The van der Waals surface area contributed by atoms with Crippen LogP contribution in [0.3, 0.4) is 0 Å². The van der Waals surface area contributed by atoms with Crippen LogP contribution in [0.2, 0.25) is 0 Å². The molecule has 2 N–H and O–H groups in total. The Morgan fingerprint density at radius 3 is 2.00 bits per heavy atom. The fraction of sp³-hybridized carbons (Fsp3) is 0.0769. The Morgan fingerprint density at radius 1 is 1.04 bits per heavy atom. The van der Waals surface area contributed by atoms with Crippen LogP contribution >= 0.6 is 0 Å². The van der Waals surface area contributed by atoms with Crippen molar-refractivity contribution in [2.24, 2.45) is 10.2 Å². The lowest BCUT2D eigenvalue weighted by Crippen LogP contribution is -2.12. The van der Waals surface area contributed by atoms with E-state index in [0.29, 0.717) is 0 Å². The van der Waals surface area contributed by atoms with E-state index in [1.807, 2.05) is 6.92 Å². The molecule has 0 aromatic heterocycles. The molecule has 0 aliphatic heterocycles. The standard InChI is InChI=1S/C13H11N7O3S/c1-8-2-4-10(5-3-8)24(22,23)18-9-6-11(16-19-14)13(21)12(7-9)17-20-15/h2-7,18,21H,1H3. The van der Waals surface area contributed by atoms with Crippen molar-refractivity contribution in [2.45, 2.75) is 11.8 Å². The number of sulfonamides is 1. The number of aryl methyl sites for hydroxylation is 1. The minimum absolute atomic E-state index is 0.0249. The molecular weight excluding hydrogens is 334 g/mol. The molecule has 2 aromatic carbocycles. The number of nitrogens with one attached hydrogen (secondary N) is 1. The van der Waals surface area contributed by atoms with Crippen molar-refractivity contribution in [1.82, 2.24) is 0 Å². The normalized spacial score (nSPS) is 10.4. The van der Waals surface area contributed by atoms with Crippen molar-refractivity contribution in [2.75, 3.05) is 4.72 Å². The zero-order valence-electron chi connectivity index (χ0n) is 12.3. The molecule has 0 aliphatic carbocycles. The SMILES string of the molecule is Cc1ccc(S(=O)(=O)Nc2cc(N=[N+]=[N-])c(O)c(N=[N+]=[N-])c2)cc1. The van der Waals surface area contributed by atoms with E-state index >= 15 is 0 Å². The number of rotatable bonds is 5. The van der Waals surface area contributed by atoms with Gasteiger partial charge in [-0.3, -0.25) is 4.72 Å². The van der Waals surface area contributed by atoms with Gasteiger partial charge in [-0.1, -0.05) is 27.9 Å². The molecule has 122 valence electrons. The highest BCUT2D eigenvalue weighted by Gasteiger charge is 2.16. The van der Waals surface area contributed by atoms with Gasteiger partial charge in [-0.25, -0.2) is 8.42 Å². The summed E-state index contributed by atoms with van der Waals surface area (Å²) >= 11 is 0. The molecule has 0 radical (unpaired) electrons. The van der Waals surface area contributed by atoms with Crippen molar-refractivity contribution in [1.29, 1.82) is 0 Å². The molecule has 2 aromatic rings. The van der Waals surface area contributed by atoms with Crippen molar-refractivity contribution in [3.8, 4) is 5.75 Å². The second-order valence-electron chi connectivity index (χ2n) is 4.66. The van der Waals surface area contributed by atoms with Gasteiger partial charge in [0.05, 0.1) is 22.0 Å². The van der Waals surface area contributed by atoms with Crippen LogP contribution in [0.25, 0.3) is 20.9 Å². The number of anilines is 1. The molecule has 0 aliphatic rings. The van der Waals surface area contributed by atoms with Gasteiger partial charge in [0.1, 0.15) is 5.75 Å². The largest absolute Gasteiger partial charge is 0.507 e. The van der Waals surface area contributed by atoms with Crippen molar-refractivity contribution in [3.63, 3.8) is 0 Å². The zero-order valence-corrected chi connectivity index (χ0v) is 13.1. The topological polar surface area (TPSA) is 164 Å². The highest BCUT2D eigenvalue weighted by Crippen LogP contribution is 2.40. The summed E-state index contributed by atoms with van der Waals surface area (Å²) in [5.74, 6) is -0.552. The smallest absolute Gasteiger partial charge is 0.261 e. The van der Waals surface area contributed by atoms with Crippen molar-refractivity contribution >= 4 is 27.1 Å². The summed E-state index contributed by atoms with van der Waals surface area (Å²) in [7, 11) is -3.91. The van der Waals surface area contributed by atoms with Gasteiger partial charge in [0, 0.05) is 9.82 Å². The van der Waals surface area contributed by atoms with E-state index in [4.69, 9.17) is 11.1 Å². The molecule has 0 atom stereocenters. The molecule has 11 heteroatoms. The lowest BCUT2D eigenvalue weighted by molar-refractivity contribution is 0.478. The number of hydrogen-bond acceptors (Lipinski definition) is 5. The van der Waals surface area contributed by atoms with Gasteiger partial charge < -0.3 is 5.11 Å². The van der Waals surface area contributed by atoms with Crippen LogP contribution in [-0.4, -0.2) is 13.5 Å². The maximum atomic E-state index is 12.4. The van der Waals surface area contributed by atoms with Crippen LogP contribution in [0, 0.1) is 6.92 Å². The molecule has 0 saturated heterocycles. The fourth-order valence-electron chi connectivity index (χ4n) is 1.84. The van der Waals surface area contributed by atoms with E-state index in [9.17, 15) is 13.5 Å². The highest BCUT2D eigenvalue weighted by molar-refractivity contribution is 7.92. The third-order valence-corrected chi connectivity index (χ3v) is 4.36. The number of aromatic hydroxyl groups is 1. The van der Waals surface area contributed by atoms with Crippen LogP contribution in [0.15, 0.2) is 51.5 Å². The van der Waals surface area contributed by atoms with Crippen LogP contribution in [0.5, 0.6) is 5.75 Å². The van der Waals surface area contributed by atoms with Gasteiger partial charge in [-0.05, 0) is 42.3 Å². The lowest BCUT2D eigenvalue weighted by atomic mass is 10.2. The Kier molecular flexibility index (Phi) is 4.81. The Morgan fingerprint density at radius 2 is 1.54 bits per heavy atom. The number of nitrogens with zero attached hydrogens (tertiary/aromatic N) is 6. The average molecular weight is 345 g/mol. The Hall–Kier alpha value is -3.39. The maximum absolute atomic E-state index is 12.4. The Balaban J connectivity index is 2.50. The number of azide groups is 2. The van der Waals surface area contributed by atoms with Gasteiger partial charge in [-0.15, -0.1) is 0 Å². The number of hydrogen-bond donors (Lipinski definition) is 2. The minimum atomic E-state index is -3.91. The van der Waals surface area contributed by atoms with Crippen molar-refractivity contribution in [3.05, 3.63) is 62.8 Å². The molecule has 0 spiro atoms. The molecular formula is C13H11N7O3S. The number of benzene rings is 2. The summed E-state index contributed by atoms with van der Waals surface area (Å²) in [5.41, 5.74) is 17.3. The van der Waals surface area contributed by atoms with E-state index in [-0.39, 0.29) is 22.0 Å². The maximum Gasteiger partial charge on any atom is 0.261 e. The minimum Gasteiger partial charge on any atom is -0.507 e. The second kappa shape index (κ2) is 6.80. The molecule has 24 heavy (non-hydrogen) atoms. The quantitative estimate of drug-likeness (QED) is 0.356. The molecule has 10 nitrogen and oxygen atoms in total. The summed E-state index contributed by atoms with van der Waals surface area (Å²) in [5, 5.41) is 16.3. The Labute approximate surface area is 136 Å². The third-order valence-electron chi connectivity index (χ3n) is 2.96. The van der Waals surface area contributed by atoms with Gasteiger partial charge in [-0.2, -0.15) is 0 Å². The summed E-state index contributed by atoms with van der Waals surface area (Å²) in [6, 6.07) is 8.39. The predicted octanol–water partition coefficient (Wildman–Crippen LogP) is 4.39. The van der Waals surface area contributed by atoms with Crippen LogP contribution in [-0.2, 0) is 10.0 Å². The molecule has 2 rings (SSSR count). The van der Waals surface area contributed by atoms with Crippen LogP contribution < -0.4 is 4.72 Å². The fourth-order valence-corrected chi connectivity index (χ4v) is 2.88. The van der Waals surface area contributed by atoms with Crippen molar-refractivity contribution < 1.29 is 13.5 Å². The monoisotopic (exact) mass is 345 g/mol. The first-order valence-corrected chi connectivity index (χ1v) is 7.92. The van der Waals surface area contributed by atoms with E-state index in [2.05, 4.69) is 24.8 Å². The van der Waals surface area contributed by atoms with E-state index < -0.39 is 15.8 Å². The first-order valence-electron chi connectivity index (χ1n) is 6.44. The molecule has 0 bridgehead atoms. The van der Waals surface area contributed by atoms with Gasteiger partial charge in [0.25, 0.3) is 10.0 Å². The zero-order chi connectivity index (χ0) is 17.7. The summed E-state index contributed by atoms with van der Waals surface area (Å²) < 4.78 is 27.0. The molecule has 0 amide bonds. The first kappa shape index (κ1) is 17.0. The van der Waals surface area contributed by atoms with Gasteiger partial charge in [0.2, 0.25) is 0 Å². The Bertz CT molecular complexity index is 934. The molecule has 0 saturated carbocycles. The highest BCUT2D eigenvalue weighted by atomic mass is 32.2. The second-order valence-corrected chi connectivity index (χ2v) is 6.34. The average Bonchev–Trinajstić information content (AvgIpc) is 2.52. The first-order chi connectivity index (χ1) is 11.4. The van der Waals surface area contributed by atoms with E-state index in [1.54, 1.807) is 12.1 Å². The van der Waals surface area contributed by atoms with Gasteiger partial charge >= 0.3 is 0 Å². The molecule has 0 heterocycles. The summed E-state index contributed by atoms with van der Waals surface area (Å²) in [4.78, 5) is 5.08.